The van der Waals surface area contributed by atoms with E-state index >= 15 is 0 Å². The summed E-state index contributed by atoms with van der Waals surface area (Å²) < 4.78 is 0. The summed E-state index contributed by atoms with van der Waals surface area (Å²) >= 11 is 1.46. The molecule has 0 saturated heterocycles. The molecular weight excluding hydrogens is 256 g/mol. The Morgan fingerprint density at radius 3 is 2.84 bits per heavy atom. The lowest BCUT2D eigenvalue weighted by Gasteiger charge is -2.23. The van der Waals surface area contributed by atoms with E-state index in [-0.39, 0.29) is 5.91 Å². The second-order valence-electron chi connectivity index (χ2n) is 5.25. The first-order chi connectivity index (χ1) is 9.11. The lowest BCUT2D eigenvalue weighted by Crippen LogP contribution is -2.35. The largest absolute Gasteiger partial charge is 0.335 e. The van der Waals surface area contributed by atoms with Gasteiger partial charge in [0.15, 0.2) is 0 Å². The number of thiophene rings is 1. The zero-order chi connectivity index (χ0) is 13.8. The summed E-state index contributed by atoms with van der Waals surface area (Å²) in [6.45, 7) is 5.48. The predicted octanol–water partition coefficient (Wildman–Crippen LogP) is 2.32. The molecule has 0 unspecified atom stereocenters. The molecule has 4 heteroatoms. The Kier molecular flexibility index (Phi) is 4.62. The van der Waals surface area contributed by atoms with Gasteiger partial charge in [-0.1, -0.05) is 25.7 Å². The van der Waals surface area contributed by atoms with Gasteiger partial charge in [-0.05, 0) is 30.9 Å². The fourth-order valence-corrected chi connectivity index (χ4v) is 2.81. The molecule has 102 valence electrons. The van der Waals surface area contributed by atoms with Gasteiger partial charge in [-0.25, -0.2) is 0 Å². The van der Waals surface area contributed by atoms with Gasteiger partial charge >= 0.3 is 0 Å². The maximum absolute atomic E-state index is 12.5. The Morgan fingerprint density at radius 1 is 1.53 bits per heavy atom. The van der Waals surface area contributed by atoms with Gasteiger partial charge in [0.25, 0.3) is 5.91 Å². The average molecular weight is 276 g/mol. The van der Waals surface area contributed by atoms with E-state index in [0.717, 1.165) is 29.1 Å². The Bertz CT molecular complexity index is 506. The second-order valence-corrected chi connectivity index (χ2v) is 6.34. The van der Waals surface area contributed by atoms with E-state index in [9.17, 15) is 4.79 Å². The maximum Gasteiger partial charge on any atom is 0.264 e. The number of amides is 1. The van der Waals surface area contributed by atoms with Crippen molar-refractivity contribution in [1.82, 2.24) is 4.90 Å². The number of carbonyl (C=O) groups excluding carboxylic acids is 1. The Balaban J connectivity index is 2.10. The summed E-state index contributed by atoms with van der Waals surface area (Å²) in [4.78, 5) is 16.2. The summed E-state index contributed by atoms with van der Waals surface area (Å²) in [7, 11) is 0. The van der Waals surface area contributed by atoms with E-state index in [1.54, 1.807) is 0 Å². The van der Waals surface area contributed by atoms with Crippen LogP contribution < -0.4 is 5.73 Å². The first-order valence-electron chi connectivity index (χ1n) is 6.71. The molecule has 0 radical (unpaired) electrons. The highest BCUT2D eigenvalue weighted by atomic mass is 32.1. The van der Waals surface area contributed by atoms with E-state index in [1.165, 1.54) is 11.3 Å². The number of hydrogen-bond acceptors (Lipinski definition) is 3. The Hall–Kier alpha value is -1.31. The fourth-order valence-electron chi connectivity index (χ4n) is 1.98. The van der Waals surface area contributed by atoms with Gasteiger partial charge in [-0.2, -0.15) is 0 Å². The molecule has 1 aliphatic rings. The first kappa shape index (κ1) is 14.1. The normalized spacial score (nSPS) is 14.1. The minimum Gasteiger partial charge on any atom is -0.335 e. The van der Waals surface area contributed by atoms with Gasteiger partial charge in [0.2, 0.25) is 0 Å². The molecule has 1 aliphatic carbocycles. The Labute approximate surface area is 118 Å². The van der Waals surface area contributed by atoms with E-state index < -0.39 is 0 Å². The lowest BCUT2D eigenvalue weighted by atomic mass is 10.2. The summed E-state index contributed by atoms with van der Waals surface area (Å²) in [6, 6.07) is 4.24. The molecule has 1 aromatic heterocycles. The number of carbonyl (C=O) groups is 1. The number of rotatable bonds is 4. The molecule has 1 amide bonds. The van der Waals surface area contributed by atoms with Crippen LogP contribution in [0.15, 0.2) is 12.1 Å². The van der Waals surface area contributed by atoms with Gasteiger partial charge in [0.1, 0.15) is 0 Å². The Morgan fingerprint density at radius 2 is 2.26 bits per heavy atom. The molecule has 2 N–H and O–H groups in total. The fraction of sp³-hybridized carbons (Fsp3) is 0.533. The minimum absolute atomic E-state index is 0.155. The van der Waals surface area contributed by atoms with Crippen molar-refractivity contribution in [2.45, 2.75) is 32.7 Å². The SMILES string of the molecule is CC(C)CN(C(=O)c1ccc(C#CCN)s1)C1CC1. The molecule has 19 heavy (non-hydrogen) atoms. The highest BCUT2D eigenvalue weighted by Gasteiger charge is 2.33. The smallest absolute Gasteiger partial charge is 0.264 e. The van der Waals surface area contributed by atoms with Crippen molar-refractivity contribution in [3.05, 3.63) is 21.9 Å². The monoisotopic (exact) mass is 276 g/mol. The topological polar surface area (TPSA) is 46.3 Å². The third kappa shape index (κ3) is 3.82. The molecule has 1 saturated carbocycles. The summed E-state index contributed by atoms with van der Waals surface area (Å²) in [5.41, 5.74) is 5.35. The van der Waals surface area contributed by atoms with Crippen LogP contribution in [0, 0.1) is 17.8 Å². The standard InChI is InChI=1S/C15H20N2OS/c1-11(2)10-17(12-5-6-12)15(18)14-8-7-13(19-14)4-3-9-16/h7-8,11-12H,5-6,9-10,16H2,1-2H3. The van der Waals surface area contributed by atoms with Crippen LogP contribution in [0.2, 0.25) is 0 Å². The van der Waals surface area contributed by atoms with Gasteiger partial charge in [-0.15, -0.1) is 11.3 Å². The molecule has 1 aromatic rings. The average Bonchev–Trinajstić information content (AvgIpc) is 3.11. The van der Waals surface area contributed by atoms with Gasteiger partial charge in [-0.3, -0.25) is 4.79 Å². The van der Waals surface area contributed by atoms with Crippen molar-refractivity contribution in [2.75, 3.05) is 13.1 Å². The third-order valence-corrected chi connectivity index (χ3v) is 3.93. The molecule has 0 bridgehead atoms. The molecule has 1 heterocycles. The lowest BCUT2D eigenvalue weighted by molar-refractivity contribution is 0.0727. The van der Waals surface area contributed by atoms with E-state index in [4.69, 9.17) is 5.73 Å². The van der Waals surface area contributed by atoms with Crippen LogP contribution in [0.1, 0.15) is 41.2 Å². The molecule has 2 rings (SSSR count). The van der Waals surface area contributed by atoms with Crippen molar-refractivity contribution in [1.29, 1.82) is 0 Å². The molecule has 0 atom stereocenters. The maximum atomic E-state index is 12.5. The van der Waals surface area contributed by atoms with Crippen LogP contribution >= 0.6 is 11.3 Å². The van der Waals surface area contributed by atoms with E-state index in [0.29, 0.717) is 18.5 Å². The molecule has 3 nitrogen and oxygen atoms in total. The zero-order valence-electron chi connectivity index (χ0n) is 11.5. The van der Waals surface area contributed by atoms with Gasteiger partial charge in [0.05, 0.1) is 16.3 Å². The quantitative estimate of drug-likeness (QED) is 0.858. The molecule has 0 aliphatic heterocycles. The summed E-state index contributed by atoms with van der Waals surface area (Å²) in [5, 5.41) is 0. The first-order valence-corrected chi connectivity index (χ1v) is 7.53. The van der Waals surface area contributed by atoms with Crippen LogP contribution in [0.5, 0.6) is 0 Å². The van der Waals surface area contributed by atoms with E-state index in [1.807, 2.05) is 17.0 Å². The highest BCUT2D eigenvalue weighted by Crippen LogP contribution is 2.30. The number of hydrogen-bond donors (Lipinski definition) is 1. The van der Waals surface area contributed by atoms with E-state index in [2.05, 4.69) is 25.7 Å². The molecule has 0 aromatic carbocycles. The zero-order valence-corrected chi connectivity index (χ0v) is 12.3. The van der Waals surface area contributed by atoms with Crippen molar-refractivity contribution in [3.63, 3.8) is 0 Å². The van der Waals surface area contributed by atoms with Crippen LogP contribution in [0.25, 0.3) is 0 Å². The van der Waals surface area contributed by atoms with Crippen LogP contribution in [0.3, 0.4) is 0 Å². The number of nitrogens with two attached hydrogens (primary N) is 1. The summed E-state index contributed by atoms with van der Waals surface area (Å²) in [6.07, 6.45) is 2.29. The molecule has 0 spiro atoms. The van der Waals surface area contributed by atoms with Gasteiger partial charge < -0.3 is 10.6 Å². The third-order valence-electron chi connectivity index (χ3n) is 2.94. The van der Waals surface area contributed by atoms with Gasteiger partial charge in [0, 0.05) is 12.6 Å². The minimum atomic E-state index is 0.155. The van der Waals surface area contributed by atoms with Crippen LogP contribution in [-0.2, 0) is 0 Å². The van der Waals surface area contributed by atoms with Crippen molar-refractivity contribution < 1.29 is 4.79 Å². The number of nitrogens with zero attached hydrogens (tertiary/aromatic N) is 1. The second kappa shape index (κ2) is 6.23. The highest BCUT2D eigenvalue weighted by molar-refractivity contribution is 7.14. The van der Waals surface area contributed by atoms with Crippen LogP contribution in [0.4, 0.5) is 0 Å². The van der Waals surface area contributed by atoms with Crippen molar-refractivity contribution >= 4 is 17.2 Å². The van der Waals surface area contributed by atoms with Crippen molar-refractivity contribution in [2.24, 2.45) is 11.7 Å². The summed E-state index contributed by atoms with van der Waals surface area (Å²) in [5.74, 6) is 6.45. The van der Waals surface area contributed by atoms with Crippen LogP contribution in [-0.4, -0.2) is 29.9 Å². The van der Waals surface area contributed by atoms with Crippen molar-refractivity contribution in [3.8, 4) is 11.8 Å². The molecular formula is C15H20N2OS. The predicted molar refractivity (Wildman–Crippen MR) is 79.1 cm³/mol. The molecule has 1 fully saturated rings.